The Bertz CT molecular complexity index is 1330. The molecule has 0 aliphatic carbocycles. The van der Waals surface area contributed by atoms with Gasteiger partial charge in [-0.15, -0.1) is 0 Å². The molecule has 5 rings (SSSR count). The molecule has 2 amide bonds. The summed E-state index contributed by atoms with van der Waals surface area (Å²) in [7, 11) is 1.76. The molecular weight excluding hydrogens is 430 g/mol. The lowest BCUT2D eigenvalue weighted by molar-refractivity contribution is 0.0759. The van der Waals surface area contributed by atoms with Crippen LogP contribution in [0.1, 0.15) is 45.7 Å². The summed E-state index contributed by atoms with van der Waals surface area (Å²) in [6.07, 6.45) is 14.6. The van der Waals surface area contributed by atoms with Crippen molar-refractivity contribution >= 4 is 23.1 Å². The average Bonchev–Trinajstić information content (AvgIpc) is 3.42. The zero-order valence-corrected chi connectivity index (χ0v) is 19.1. The number of hydrogen-bond acceptors (Lipinski definition) is 5. The van der Waals surface area contributed by atoms with E-state index in [4.69, 9.17) is 0 Å². The van der Waals surface area contributed by atoms with Crippen molar-refractivity contribution in [1.29, 1.82) is 0 Å². The van der Waals surface area contributed by atoms with Gasteiger partial charge in [-0.05, 0) is 49.8 Å². The molecule has 1 fully saturated rings. The van der Waals surface area contributed by atoms with Gasteiger partial charge < -0.3 is 14.6 Å². The number of nitrogens with one attached hydrogen (secondary N) is 1. The van der Waals surface area contributed by atoms with E-state index in [1.165, 1.54) is 6.20 Å². The quantitative estimate of drug-likeness (QED) is 0.496. The van der Waals surface area contributed by atoms with Crippen molar-refractivity contribution in [2.24, 2.45) is 13.0 Å². The molecule has 1 aromatic carbocycles. The first kappa shape index (κ1) is 21.8. The molecule has 34 heavy (non-hydrogen) atoms. The highest BCUT2D eigenvalue weighted by molar-refractivity contribution is 6.04. The number of benzene rings is 1. The van der Waals surface area contributed by atoms with Gasteiger partial charge in [0.15, 0.2) is 5.65 Å². The molecule has 0 saturated carbocycles. The Morgan fingerprint density at radius 1 is 1.09 bits per heavy atom. The SMILES string of the molecule is Cn1cc(C(=O)Nc2cccc(C(=O)N3CCCC(Cc4cn5ccnc5cn4)CC3)c2)cn1. The van der Waals surface area contributed by atoms with Crippen LogP contribution in [0.4, 0.5) is 5.69 Å². The fourth-order valence-corrected chi connectivity index (χ4v) is 4.50. The number of nitrogens with zero attached hydrogens (tertiary/aromatic N) is 6. The largest absolute Gasteiger partial charge is 0.339 e. The lowest BCUT2D eigenvalue weighted by Gasteiger charge is -2.21. The van der Waals surface area contributed by atoms with E-state index in [-0.39, 0.29) is 11.8 Å². The van der Waals surface area contributed by atoms with Gasteiger partial charge in [0.2, 0.25) is 0 Å². The summed E-state index contributed by atoms with van der Waals surface area (Å²) in [6, 6.07) is 7.12. The highest BCUT2D eigenvalue weighted by atomic mass is 16.2. The molecule has 1 saturated heterocycles. The van der Waals surface area contributed by atoms with Gasteiger partial charge in [0, 0.05) is 56.2 Å². The second-order valence-corrected chi connectivity index (χ2v) is 8.80. The van der Waals surface area contributed by atoms with Crippen LogP contribution in [-0.4, -0.2) is 54.0 Å². The van der Waals surface area contributed by atoms with Gasteiger partial charge in [-0.3, -0.25) is 19.3 Å². The molecular formula is C25H27N7O2. The monoisotopic (exact) mass is 457 g/mol. The van der Waals surface area contributed by atoms with E-state index in [9.17, 15) is 9.59 Å². The van der Waals surface area contributed by atoms with Crippen LogP contribution in [0.2, 0.25) is 0 Å². The summed E-state index contributed by atoms with van der Waals surface area (Å²) >= 11 is 0. The van der Waals surface area contributed by atoms with Crippen LogP contribution >= 0.6 is 0 Å². The maximum atomic E-state index is 13.2. The van der Waals surface area contributed by atoms with Crippen LogP contribution in [0.25, 0.3) is 5.65 Å². The van der Waals surface area contributed by atoms with Crippen molar-refractivity contribution < 1.29 is 9.59 Å². The Morgan fingerprint density at radius 2 is 2.00 bits per heavy atom. The maximum absolute atomic E-state index is 13.2. The van der Waals surface area contributed by atoms with Crippen molar-refractivity contribution in [3.05, 3.63) is 78.3 Å². The molecule has 0 bridgehead atoms. The van der Waals surface area contributed by atoms with Gasteiger partial charge in [-0.25, -0.2) is 4.98 Å². The molecule has 1 aliphatic heterocycles. The molecule has 1 N–H and O–H groups in total. The summed E-state index contributed by atoms with van der Waals surface area (Å²) in [5, 5.41) is 6.88. The van der Waals surface area contributed by atoms with Gasteiger partial charge in [0.25, 0.3) is 11.8 Å². The number of amides is 2. The van der Waals surface area contributed by atoms with Crippen LogP contribution < -0.4 is 5.32 Å². The Labute approximate surface area is 197 Å². The van der Waals surface area contributed by atoms with Crippen LogP contribution in [-0.2, 0) is 13.5 Å². The minimum Gasteiger partial charge on any atom is -0.339 e. The van der Waals surface area contributed by atoms with Crippen molar-refractivity contribution in [3.63, 3.8) is 0 Å². The number of rotatable bonds is 5. The number of carbonyl (C=O) groups excluding carboxylic acids is 2. The Hall–Kier alpha value is -4.01. The zero-order chi connectivity index (χ0) is 23.5. The van der Waals surface area contributed by atoms with E-state index in [2.05, 4.69) is 20.4 Å². The van der Waals surface area contributed by atoms with E-state index in [1.807, 2.05) is 27.9 Å². The molecule has 1 unspecified atom stereocenters. The van der Waals surface area contributed by atoms with E-state index in [0.29, 0.717) is 29.3 Å². The summed E-state index contributed by atoms with van der Waals surface area (Å²) in [6.45, 7) is 1.44. The minimum absolute atomic E-state index is 0.00362. The molecule has 3 aromatic heterocycles. The lowest BCUT2D eigenvalue weighted by atomic mass is 9.95. The summed E-state index contributed by atoms with van der Waals surface area (Å²) in [4.78, 5) is 36.4. The average molecular weight is 458 g/mol. The van der Waals surface area contributed by atoms with Crippen molar-refractivity contribution in [3.8, 4) is 0 Å². The predicted octanol–water partition coefficient (Wildman–Crippen LogP) is 3.20. The Kier molecular flexibility index (Phi) is 6.07. The zero-order valence-electron chi connectivity index (χ0n) is 19.1. The number of hydrogen-bond donors (Lipinski definition) is 1. The number of anilines is 1. The van der Waals surface area contributed by atoms with E-state index in [1.54, 1.807) is 48.4 Å². The van der Waals surface area contributed by atoms with E-state index >= 15 is 0 Å². The molecule has 9 heteroatoms. The maximum Gasteiger partial charge on any atom is 0.258 e. The molecule has 4 aromatic rings. The highest BCUT2D eigenvalue weighted by Gasteiger charge is 2.22. The fourth-order valence-electron chi connectivity index (χ4n) is 4.50. The van der Waals surface area contributed by atoms with Gasteiger partial charge in [-0.1, -0.05) is 6.07 Å². The lowest BCUT2D eigenvalue weighted by Crippen LogP contribution is -2.32. The smallest absolute Gasteiger partial charge is 0.258 e. The van der Waals surface area contributed by atoms with Crippen LogP contribution in [0.15, 0.2) is 61.4 Å². The van der Waals surface area contributed by atoms with Gasteiger partial charge >= 0.3 is 0 Å². The number of aryl methyl sites for hydroxylation is 1. The third-order valence-corrected chi connectivity index (χ3v) is 6.30. The molecule has 4 heterocycles. The minimum atomic E-state index is -0.252. The van der Waals surface area contributed by atoms with Gasteiger partial charge in [0.1, 0.15) is 0 Å². The molecule has 1 atom stereocenters. The third kappa shape index (κ3) is 4.83. The summed E-state index contributed by atoms with van der Waals surface area (Å²) in [5.74, 6) is 0.227. The fraction of sp³-hybridized carbons (Fsp3) is 0.320. The first-order chi connectivity index (χ1) is 16.5. The molecule has 0 radical (unpaired) electrons. The second-order valence-electron chi connectivity index (χ2n) is 8.80. The molecule has 1 aliphatic rings. The Morgan fingerprint density at radius 3 is 2.85 bits per heavy atom. The van der Waals surface area contributed by atoms with Gasteiger partial charge in [-0.2, -0.15) is 5.10 Å². The predicted molar refractivity (Wildman–Crippen MR) is 128 cm³/mol. The van der Waals surface area contributed by atoms with E-state index in [0.717, 1.165) is 43.6 Å². The first-order valence-electron chi connectivity index (χ1n) is 11.5. The Balaban J connectivity index is 1.21. The molecule has 0 spiro atoms. The molecule has 9 nitrogen and oxygen atoms in total. The normalized spacial score (nSPS) is 16.4. The standard InChI is InChI=1S/C25H27N7O2/c1-30-16-20(14-28-30)24(33)29-21-6-2-5-19(13-21)25(34)31-9-3-4-18(7-10-31)12-22-17-32-11-8-26-23(32)15-27-22/h2,5-6,8,11,13-18H,3-4,7,9-10,12H2,1H3,(H,29,33). The topological polar surface area (TPSA) is 97.4 Å². The second kappa shape index (κ2) is 9.46. The van der Waals surface area contributed by atoms with Crippen molar-refractivity contribution in [1.82, 2.24) is 29.0 Å². The third-order valence-electron chi connectivity index (χ3n) is 6.30. The number of aromatic nitrogens is 5. The number of imidazole rings is 1. The van der Waals surface area contributed by atoms with Gasteiger partial charge in [0.05, 0.1) is 23.7 Å². The molecule has 174 valence electrons. The number of carbonyl (C=O) groups is 2. The number of likely N-dealkylation sites (tertiary alicyclic amines) is 1. The summed E-state index contributed by atoms with van der Waals surface area (Å²) in [5.41, 5.74) is 3.54. The van der Waals surface area contributed by atoms with Crippen LogP contribution in [0.3, 0.4) is 0 Å². The van der Waals surface area contributed by atoms with Crippen molar-refractivity contribution in [2.45, 2.75) is 25.7 Å². The summed E-state index contributed by atoms with van der Waals surface area (Å²) < 4.78 is 3.57. The number of fused-ring (bicyclic) bond motifs is 1. The van der Waals surface area contributed by atoms with Crippen LogP contribution in [0, 0.1) is 5.92 Å². The first-order valence-corrected chi connectivity index (χ1v) is 11.5. The van der Waals surface area contributed by atoms with E-state index < -0.39 is 0 Å². The van der Waals surface area contributed by atoms with Crippen LogP contribution in [0.5, 0.6) is 0 Å². The van der Waals surface area contributed by atoms with Crippen molar-refractivity contribution in [2.75, 3.05) is 18.4 Å². The highest BCUT2D eigenvalue weighted by Crippen LogP contribution is 2.23.